The quantitative estimate of drug-likeness (QED) is 0.589. The molecule has 1 aliphatic rings. The van der Waals surface area contributed by atoms with E-state index in [0.717, 1.165) is 16.7 Å². The second-order valence-corrected chi connectivity index (χ2v) is 7.24. The maximum Gasteiger partial charge on any atom is 0.335 e. The number of carboxylic acids is 1. The average molecular weight is 420 g/mol. The number of benzene rings is 2. The second-order valence-electron chi connectivity index (χ2n) is 7.24. The third-order valence-electron chi connectivity index (χ3n) is 5.04. The summed E-state index contributed by atoms with van der Waals surface area (Å²) in [5.41, 5.74) is 3.07. The van der Waals surface area contributed by atoms with Crippen LogP contribution in [0.3, 0.4) is 0 Å². The van der Waals surface area contributed by atoms with Crippen LogP contribution in [0.4, 0.5) is 5.82 Å². The molecule has 2 aromatic carbocycles. The maximum absolute atomic E-state index is 11.3. The van der Waals surface area contributed by atoms with E-state index < -0.39 is 12.3 Å². The summed E-state index contributed by atoms with van der Waals surface area (Å²) in [5, 5.41) is 9.26. The molecule has 1 N–H and O–H groups in total. The molecule has 2 heterocycles. The molecule has 0 amide bonds. The van der Waals surface area contributed by atoms with Gasteiger partial charge in [-0.05, 0) is 29.3 Å². The molecule has 7 nitrogen and oxygen atoms in total. The number of carboxylic acid groups (broad SMARTS) is 1. The van der Waals surface area contributed by atoms with E-state index in [9.17, 15) is 9.90 Å². The lowest BCUT2D eigenvalue weighted by Crippen LogP contribution is -2.20. The molecule has 0 saturated carbocycles. The van der Waals surface area contributed by atoms with Crippen LogP contribution in [0.1, 0.15) is 33.3 Å². The Labute approximate surface area is 180 Å². The van der Waals surface area contributed by atoms with Crippen LogP contribution in [0.2, 0.25) is 0 Å². The summed E-state index contributed by atoms with van der Waals surface area (Å²) in [5.74, 6) is 0.283. The zero-order chi connectivity index (χ0) is 21.6. The minimum Gasteiger partial charge on any atom is -0.488 e. The highest BCUT2D eigenvalue weighted by atomic mass is 16.7. The number of hydrogen-bond donors (Lipinski definition) is 1. The van der Waals surface area contributed by atoms with Crippen molar-refractivity contribution in [1.82, 2.24) is 4.98 Å². The van der Waals surface area contributed by atoms with Crippen molar-refractivity contribution in [2.24, 2.45) is 0 Å². The van der Waals surface area contributed by atoms with E-state index in [0.29, 0.717) is 37.9 Å². The van der Waals surface area contributed by atoms with Gasteiger partial charge in [-0.1, -0.05) is 42.5 Å². The van der Waals surface area contributed by atoms with Crippen LogP contribution >= 0.6 is 0 Å². The second kappa shape index (κ2) is 9.59. The van der Waals surface area contributed by atoms with Gasteiger partial charge in [-0.15, -0.1) is 0 Å². The van der Waals surface area contributed by atoms with E-state index in [2.05, 4.69) is 4.98 Å². The molecular formula is C24H24N2O5. The number of aromatic nitrogens is 1. The predicted octanol–water partition coefficient (Wildman–Crippen LogP) is 4.04. The maximum atomic E-state index is 11.3. The molecule has 0 unspecified atom stereocenters. The Morgan fingerprint density at radius 1 is 1.13 bits per heavy atom. The number of rotatable bonds is 8. The SMILES string of the molecule is CN(Cc1cccc(OCc2ccccc2)c1C1OCCO1)c1cc(C(=O)O)ccn1. The molecule has 31 heavy (non-hydrogen) atoms. The number of anilines is 1. The molecule has 1 saturated heterocycles. The number of hydrogen-bond acceptors (Lipinski definition) is 6. The van der Waals surface area contributed by atoms with Crippen LogP contribution in [-0.2, 0) is 22.6 Å². The minimum absolute atomic E-state index is 0.194. The fourth-order valence-electron chi connectivity index (χ4n) is 3.48. The van der Waals surface area contributed by atoms with Gasteiger partial charge in [-0.3, -0.25) is 0 Å². The van der Waals surface area contributed by atoms with Crippen molar-refractivity contribution in [2.75, 3.05) is 25.2 Å². The Morgan fingerprint density at radius 2 is 1.90 bits per heavy atom. The highest BCUT2D eigenvalue weighted by molar-refractivity contribution is 5.88. The van der Waals surface area contributed by atoms with E-state index in [1.54, 1.807) is 6.07 Å². The van der Waals surface area contributed by atoms with E-state index >= 15 is 0 Å². The summed E-state index contributed by atoms with van der Waals surface area (Å²) in [6.07, 6.45) is 0.993. The van der Waals surface area contributed by atoms with Crippen molar-refractivity contribution >= 4 is 11.8 Å². The average Bonchev–Trinajstić information content (AvgIpc) is 3.33. The van der Waals surface area contributed by atoms with Crippen LogP contribution < -0.4 is 9.64 Å². The summed E-state index contributed by atoms with van der Waals surface area (Å²) in [4.78, 5) is 17.5. The van der Waals surface area contributed by atoms with Gasteiger partial charge in [0, 0.05) is 19.8 Å². The molecule has 1 aromatic heterocycles. The molecule has 1 aliphatic heterocycles. The normalized spacial score (nSPS) is 13.8. The molecule has 0 bridgehead atoms. The van der Waals surface area contributed by atoms with Crippen molar-refractivity contribution in [2.45, 2.75) is 19.4 Å². The number of ether oxygens (including phenoxy) is 3. The smallest absolute Gasteiger partial charge is 0.335 e. The zero-order valence-corrected chi connectivity index (χ0v) is 17.2. The van der Waals surface area contributed by atoms with Crippen molar-refractivity contribution < 1.29 is 24.1 Å². The van der Waals surface area contributed by atoms with Crippen LogP contribution in [0.5, 0.6) is 5.75 Å². The Morgan fingerprint density at radius 3 is 2.65 bits per heavy atom. The summed E-state index contributed by atoms with van der Waals surface area (Å²) < 4.78 is 17.7. The lowest BCUT2D eigenvalue weighted by Gasteiger charge is -2.24. The lowest BCUT2D eigenvalue weighted by molar-refractivity contribution is -0.0464. The Bertz CT molecular complexity index is 1040. The third-order valence-corrected chi connectivity index (χ3v) is 5.04. The first-order valence-corrected chi connectivity index (χ1v) is 10.0. The lowest BCUT2D eigenvalue weighted by atomic mass is 10.0. The Hall–Kier alpha value is -3.42. The van der Waals surface area contributed by atoms with E-state index in [4.69, 9.17) is 14.2 Å². The Kier molecular flexibility index (Phi) is 6.45. The number of nitrogens with zero attached hydrogens (tertiary/aromatic N) is 2. The minimum atomic E-state index is -0.984. The first-order chi connectivity index (χ1) is 15.1. The molecule has 4 rings (SSSR count). The first kappa shape index (κ1) is 20.8. The van der Waals surface area contributed by atoms with Gasteiger partial charge in [0.25, 0.3) is 0 Å². The summed E-state index contributed by atoms with van der Waals surface area (Å²) in [7, 11) is 1.87. The van der Waals surface area contributed by atoms with Crippen molar-refractivity contribution in [3.8, 4) is 5.75 Å². The van der Waals surface area contributed by atoms with Gasteiger partial charge in [0.1, 0.15) is 18.2 Å². The summed E-state index contributed by atoms with van der Waals surface area (Å²) >= 11 is 0. The molecular weight excluding hydrogens is 396 g/mol. The third kappa shape index (κ3) is 5.02. The molecule has 0 atom stereocenters. The van der Waals surface area contributed by atoms with Crippen LogP contribution in [0.25, 0.3) is 0 Å². The van der Waals surface area contributed by atoms with Gasteiger partial charge in [0.15, 0.2) is 6.29 Å². The van der Waals surface area contributed by atoms with Crippen LogP contribution in [-0.4, -0.2) is 36.3 Å². The molecule has 0 aliphatic carbocycles. The van der Waals surface area contributed by atoms with E-state index in [-0.39, 0.29) is 5.56 Å². The molecule has 0 radical (unpaired) electrons. The molecule has 3 aromatic rings. The van der Waals surface area contributed by atoms with Gasteiger partial charge in [0.2, 0.25) is 0 Å². The van der Waals surface area contributed by atoms with Gasteiger partial charge >= 0.3 is 5.97 Å². The largest absolute Gasteiger partial charge is 0.488 e. The van der Waals surface area contributed by atoms with Gasteiger partial charge in [-0.2, -0.15) is 0 Å². The standard InChI is InChI=1S/C24H24N2O5/c1-26(21-14-18(23(27)28)10-11-25-21)15-19-8-5-9-20(22(19)24-29-12-13-30-24)31-16-17-6-3-2-4-7-17/h2-11,14,24H,12-13,15-16H2,1H3,(H,27,28). The van der Waals surface area contributed by atoms with Crippen molar-refractivity contribution in [1.29, 1.82) is 0 Å². The van der Waals surface area contributed by atoms with Gasteiger partial charge < -0.3 is 24.2 Å². The zero-order valence-electron chi connectivity index (χ0n) is 17.2. The molecule has 1 fully saturated rings. The summed E-state index contributed by atoms with van der Waals surface area (Å²) in [6, 6.07) is 18.8. The number of carbonyl (C=O) groups is 1. The molecule has 7 heteroatoms. The van der Waals surface area contributed by atoms with Crippen LogP contribution in [0, 0.1) is 0 Å². The Balaban J connectivity index is 1.60. The highest BCUT2D eigenvalue weighted by Crippen LogP contribution is 2.35. The fourth-order valence-corrected chi connectivity index (χ4v) is 3.48. The summed E-state index contributed by atoms with van der Waals surface area (Å²) in [6.45, 7) is 1.96. The van der Waals surface area contributed by atoms with Crippen molar-refractivity contribution in [3.63, 3.8) is 0 Å². The first-order valence-electron chi connectivity index (χ1n) is 10.0. The fraction of sp³-hybridized carbons (Fsp3) is 0.250. The molecule has 160 valence electrons. The van der Waals surface area contributed by atoms with Crippen LogP contribution in [0.15, 0.2) is 66.9 Å². The van der Waals surface area contributed by atoms with E-state index in [1.807, 2.05) is 60.5 Å². The number of aromatic carboxylic acids is 1. The van der Waals surface area contributed by atoms with Crippen molar-refractivity contribution in [3.05, 3.63) is 89.1 Å². The monoisotopic (exact) mass is 420 g/mol. The topological polar surface area (TPSA) is 81.1 Å². The van der Waals surface area contributed by atoms with Gasteiger partial charge in [-0.25, -0.2) is 9.78 Å². The predicted molar refractivity (Wildman–Crippen MR) is 115 cm³/mol. The van der Waals surface area contributed by atoms with E-state index in [1.165, 1.54) is 12.3 Å². The highest BCUT2D eigenvalue weighted by Gasteiger charge is 2.26. The molecule has 0 spiro atoms. The van der Waals surface area contributed by atoms with Gasteiger partial charge in [0.05, 0.1) is 24.3 Å². The number of pyridine rings is 1.